The maximum absolute atomic E-state index is 12.7. The second kappa shape index (κ2) is 12.3. The van der Waals surface area contributed by atoms with Gasteiger partial charge in [0.1, 0.15) is 24.0 Å². The molecule has 0 aromatic heterocycles. The van der Waals surface area contributed by atoms with Gasteiger partial charge in [-0.25, -0.2) is 0 Å². The molecule has 1 N–H and O–H groups in total. The molecular weight excluding hydrogens is 532 g/mol. The summed E-state index contributed by atoms with van der Waals surface area (Å²) in [6, 6.07) is 20.0. The van der Waals surface area contributed by atoms with Crippen molar-refractivity contribution < 1.29 is 19.0 Å². The Hall–Kier alpha value is -3.47. The van der Waals surface area contributed by atoms with Crippen molar-refractivity contribution in [2.75, 3.05) is 12.4 Å². The number of nitriles is 1. The molecule has 180 valence electrons. The third-order valence-corrected chi connectivity index (χ3v) is 5.52. The van der Waals surface area contributed by atoms with Crippen LogP contribution in [0.15, 0.2) is 70.7 Å². The van der Waals surface area contributed by atoms with Gasteiger partial charge in [0.2, 0.25) is 0 Å². The maximum Gasteiger partial charge on any atom is 0.266 e. The Labute approximate surface area is 218 Å². The summed E-state index contributed by atoms with van der Waals surface area (Å²) in [7, 11) is 1.50. The minimum atomic E-state index is -0.548. The van der Waals surface area contributed by atoms with Crippen LogP contribution >= 0.6 is 27.5 Å². The number of carbonyl (C=O) groups is 1. The van der Waals surface area contributed by atoms with Gasteiger partial charge in [0.25, 0.3) is 5.91 Å². The van der Waals surface area contributed by atoms with Crippen LogP contribution in [0.5, 0.6) is 17.2 Å². The standard InChI is InChI=1S/C27H24BrClN2O4/c1-17(2)35-26-24(29)13-19(14-25(26)33-3)12-20(15-30)27(32)31-22-8-10-23(11-9-22)34-16-18-4-6-21(28)7-5-18/h4-14,17H,16H2,1-3H3,(H,31,32)/b20-12+. The van der Waals surface area contributed by atoms with Crippen molar-refractivity contribution in [3.05, 3.63) is 86.9 Å². The lowest BCUT2D eigenvalue weighted by Crippen LogP contribution is -2.13. The highest BCUT2D eigenvalue weighted by molar-refractivity contribution is 9.10. The molecule has 0 fully saturated rings. The van der Waals surface area contributed by atoms with E-state index in [-0.39, 0.29) is 11.7 Å². The average molecular weight is 556 g/mol. The molecule has 0 heterocycles. The van der Waals surface area contributed by atoms with Gasteiger partial charge in [-0.1, -0.05) is 39.7 Å². The SMILES string of the molecule is COc1cc(/C=C(\C#N)C(=O)Nc2ccc(OCc3ccc(Br)cc3)cc2)cc(Cl)c1OC(C)C. The fourth-order valence-electron chi connectivity index (χ4n) is 3.07. The van der Waals surface area contributed by atoms with Crippen LogP contribution in [-0.2, 0) is 11.4 Å². The van der Waals surface area contributed by atoms with E-state index in [0.29, 0.717) is 40.1 Å². The van der Waals surface area contributed by atoms with Gasteiger partial charge in [0.15, 0.2) is 11.5 Å². The number of rotatable bonds is 9. The van der Waals surface area contributed by atoms with Gasteiger partial charge in [-0.05, 0) is 79.6 Å². The molecule has 3 rings (SSSR count). The van der Waals surface area contributed by atoms with Crippen molar-refractivity contribution in [3.8, 4) is 23.3 Å². The highest BCUT2D eigenvalue weighted by Crippen LogP contribution is 2.37. The van der Waals surface area contributed by atoms with Gasteiger partial charge < -0.3 is 19.5 Å². The van der Waals surface area contributed by atoms with Crippen molar-refractivity contribution in [3.63, 3.8) is 0 Å². The van der Waals surface area contributed by atoms with Crippen LogP contribution in [0.25, 0.3) is 6.08 Å². The molecule has 0 unspecified atom stereocenters. The van der Waals surface area contributed by atoms with Gasteiger partial charge in [0, 0.05) is 10.2 Å². The lowest BCUT2D eigenvalue weighted by Gasteiger charge is -2.15. The smallest absolute Gasteiger partial charge is 0.266 e. The summed E-state index contributed by atoms with van der Waals surface area (Å²) in [6.07, 6.45) is 1.35. The zero-order chi connectivity index (χ0) is 25.4. The second-order valence-corrected chi connectivity index (χ2v) is 9.09. The number of nitrogens with one attached hydrogen (secondary N) is 1. The molecule has 0 bridgehead atoms. The molecule has 0 aliphatic rings. The molecule has 8 heteroatoms. The van der Waals surface area contributed by atoms with Crippen LogP contribution < -0.4 is 19.5 Å². The number of hydrogen-bond donors (Lipinski definition) is 1. The summed E-state index contributed by atoms with van der Waals surface area (Å²) in [6.45, 7) is 4.18. The van der Waals surface area contributed by atoms with Crippen LogP contribution in [0.3, 0.4) is 0 Å². The molecule has 0 atom stereocenters. The van der Waals surface area contributed by atoms with Crippen molar-refractivity contribution in [1.82, 2.24) is 0 Å². The van der Waals surface area contributed by atoms with Crippen molar-refractivity contribution in [2.45, 2.75) is 26.6 Å². The Bertz CT molecular complexity index is 1250. The van der Waals surface area contributed by atoms with E-state index in [9.17, 15) is 10.1 Å². The summed E-state index contributed by atoms with van der Waals surface area (Å²) >= 11 is 9.75. The number of carbonyl (C=O) groups excluding carboxylic acids is 1. The molecular formula is C27H24BrClN2O4. The van der Waals surface area contributed by atoms with E-state index >= 15 is 0 Å². The van der Waals surface area contributed by atoms with E-state index in [1.54, 1.807) is 36.4 Å². The van der Waals surface area contributed by atoms with Crippen molar-refractivity contribution >= 4 is 45.2 Å². The van der Waals surface area contributed by atoms with Crippen molar-refractivity contribution in [2.24, 2.45) is 0 Å². The van der Waals surface area contributed by atoms with Crippen LogP contribution in [0.4, 0.5) is 5.69 Å². The maximum atomic E-state index is 12.7. The molecule has 1 amide bonds. The molecule has 6 nitrogen and oxygen atoms in total. The number of amides is 1. The Morgan fingerprint density at radius 1 is 1.14 bits per heavy atom. The summed E-state index contributed by atoms with van der Waals surface area (Å²) in [4.78, 5) is 12.7. The quantitative estimate of drug-likeness (QED) is 0.227. The monoisotopic (exact) mass is 554 g/mol. The van der Waals surface area contributed by atoms with Gasteiger partial charge in [-0.2, -0.15) is 5.26 Å². The van der Waals surface area contributed by atoms with E-state index in [4.69, 9.17) is 25.8 Å². The summed E-state index contributed by atoms with van der Waals surface area (Å²) in [5.74, 6) is 0.932. The number of anilines is 1. The fraction of sp³-hybridized carbons (Fsp3) is 0.185. The molecule has 0 radical (unpaired) electrons. The number of benzene rings is 3. The van der Waals surface area contributed by atoms with Crippen LogP contribution in [0.1, 0.15) is 25.0 Å². The van der Waals surface area contributed by atoms with Crippen LogP contribution in [0.2, 0.25) is 5.02 Å². The van der Waals surface area contributed by atoms with E-state index in [2.05, 4.69) is 21.2 Å². The highest BCUT2D eigenvalue weighted by atomic mass is 79.9. The number of methoxy groups -OCH3 is 1. The molecule has 0 spiro atoms. The molecule has 0 aliphatic heterocycles. The number of nitrogens with zero attached hydrogens (tertiary/aromatic N) is 1. The number of hydrogen-bond acceptors (Lipinski definition) is 5. The largest absolute Gasteiger partial charge is 0.493 e. The minimum Gasteiger partial charge on any atom is -0.493 e. The number of halogens is 2. The second-order valence-electron chi connectivity index (χ2n) is 7.76. The van der Waals surface area contributed by atoms with Gasteiger partial charge in [0.05, 0.1) is 18.2 Å². The first-order valence-corrected chi connectivity index (χ1v) is 11.9. The lowest BCUT2D eigenvalue weighted by atomic mass is 10.1. The highest BCUT2D eigenvalue weighted by Gasteiger charge is 2.15. The topological polar surface area (TPSA) is 80.6 Å². The van der Waals surface area contributed by atoms with E-state index in [0.717, 1.165) is 10.0 Å². The summed E-state index contributed by atoms with van der Waals surface area (Å²) in [5, 5.41) is 12.6. The molecule has 0 saturated carbocycles. The van der Waals surface area contributed by atoms with Gasteiger partial charge >= 0.3 is 0 Å². The summed E-state index contributed by atoms with van der Waals surface area (Å²) < 4.78 is 17.9. The third kappa shape index (κ3) is 7.51. The zero-order valence-corrected chi connectivity index (χ0v) is 21.8. The van der Waals surface area contributed by atoms with E-state index in [1.165, 1.54) is 13.2 Å². The van der Waals surface area contributed by atoms with Crippen molar-refractivity contribution in [1.29, 1.82) is 5.26 Å². The first kappa shape index (κ1) is 26.1. The molecule has 35 heavy (non-hydrogen) atoms. The Kier molecular flexibility index (Phi) is 9.18. The molecule has 0 aliphatic carbocycles. The van der Waals surface area contributed by atoms with Crippen LogP contribution in [-0.4, -0.2) is 19.1 Å². The first-order chi connectivity index (χ1) is 16.8. The van der Waals surface area contributed by atoms with Gasteiger partial charge in [-0.15, -0.1) is 0 Å². The average Bonchev–Trinajstić information content (AvgIpc) is 2.84. The normalized spacial score (nSPS) is 11.1. The third-order valence-electron chi connectivity index (χ3n) is 4.71. The van der Waals surface area contributed by atoms with E-state index < -0.39 is 5.91 Å². The summed E-state index contributed by atoms with van der Waals surface area (Å²) in [5.41, 5.74) is 2.01. The predicted octanol–water partition coefficient (Wildman–Crippen LogP) is 7.02. The molecule has 0 saturated heterocycles. The fourth-order valence-corrected chi connectivity index (χ4v) is 3.60. The minimum absolute atomic E-state index is 0.0868. The van der Waals surface area contributed by atoms with Crippen LogP contribution in [0, 0.1) is 11.3 Å². The molecule has 3 aromatic carbocycles. The lowest BCUT2D eigenvalue weighted by molar-refractivity contribution is -0.112. The Balaban J connectivity index is 1.68. The number of ether oxygens (including phenoxy) is 3. The zero-order valence-electron chi connectivity index (χ0n) is 19.5. The Morgan fingerprint density at radius 3 is 2.43 bits per heavy atom. The van der Waals surface area contributed by atoms with E-state index in [1.807, 2.05) is 44.2 Å². The first-order valence-electron chi connectivity index (χ1n) is 10.7. The molecule has 3 aromatic rings. The van der Waals surface area contributed by atoms with Gasteiger partial charge in [-0.3, -0.25) is 4.79 Å². The Morgan fingerprint density at radius 2 is 1.83 bits per heavy atom. The predicted molar refractivity (Wildman–Crippen MR) is 141 cm³/mol.